The van der Waals surface area contributed by atoms with Crippen molar-refractivity contribution in [2.45, 2.75) is 59.8 Å². The van der Waals surface area contributed by atoms with Gasteiger partial charge in [0, 0.05) is 0 Å². The highest BCUT2D eigenvalue weighted by molar-refractivity contribution is 5.93. The van der Waals surface area contributed by atoms with E-state index in [4.69, 9.17) is 11.3 Å². The molecular formula is C20H29NO. The Bertz CT molecular complexity index is 551. The van der Waals surface area contributed by atoms with Gasteiger partial charge < -0.3 is 4.84 Å². The van der Waals surface area contributed by atoms with Crippen LogP contribution in [0.3, 0.4) is 0 Å². The normalized spacial score (nSPS) is 41.3. The summed E-state index contributed by atoms with van der Waals surface area (Å²) in [6.45, 7) is 9.78. The van der Waals surface area contributed by atoms with Crippen molar-refractivity contribution in [3.05, 3.63) is 11.6 Å². The summed E-state index contributed by atoms with van der Waals surface area (Å²) >= 11 is 0. The number of hydrogen-bond acceptors (Lipinski definition) is 2. The largest absolute Gasteiger partial charge is 0.382 e. The zero-order valence-electron chi connectivity index (χ0n) is 14.5. The number of oxime groups is 1. The maximum Gasteiger partial charge on any atom is 0.177 e. The molecule has 0 amide bonds. The summed E-state index contributed by atoms with van der Waals surface area (Å²) in [4.78, 5) is 5.15. The molecular weight excluding hydrogens is 270 g/mol. The lowest BCUT2D eigenvalue weighted by Gasteiger charge is -2.36. The van der Waals surface area contributed by atoms with Gasteiger partial charge in [0.05, 0.1) is 5.71 Å². The Labute approximate surface area is 135 Å². The molecule has 0 N–H and O–H groups in total. The van der Waals surface area contributed by atoms with Crippen LogP contribution in [-0.4, -0.2) is 12.3 Å². The van der Waals surface area contributed by atoms with Crippen molar-refractivity contribution in [2.75, 3.05) is 6.61 Å². The molecule has 2 heteroatoms. The van der Waals surface area contributed by atoms with E-state index in [2.05, 4.69) is 37.9 Å². The van der Waals surface area contributed by atoms with Gasteiger partial charge in [0.25, 0.3) is 0 Å². The smallest absolute Gasteiger partial charge is 0.177 e. The van der Waals surface area contributed by atoms with E-state index in [9.17, 15) is 0 Å². The Hall–Kier alpha value is -1.23. The number of nitrogens with zero attached hydrogens (tertiary/aromatic N) is 1. The highest BCUT2D eigenvalue weighted by Crippen LogP contribution is 2.70. The van der Waals surface area contributed by atoms with Gasteiger partial charge >= 0.3 is 0 Å². The first kappa shape index (κ1) is 15.7. The zero-order valence-corrected chi connectivity index (χ0v) is 14.5. The fourth-order valence-corrected chi connectivity index (χ4v) is 5.89. The lowest BCUT2D eigenvalue weighted by atomic mass is 9.68. The number of rotatable bonds is 3. The van der Waals surface area contributed by atoms with Gasteiger partial charge in [-0.2, -0.15) is 0 Å². The predicted octanol–water partition coefficient (Wildman–Crippen LogP) is 4.81. The zero-order chi connectivity index (χ0) is 16.0. The molecule has 0 saturated heterocycles. The van der Waals surface area contributed by atoms with E-state index in [0.29, 0.717) is 10.8 Å². The van der Waals surface area contributed by atoms with E-state index in [-0.39, 0.29) is 6.61 Å². The Morgan fingerprint density at radius 3 is 2.86 bits per heavy atom. The van der Waals surface area contributed by atoms with Crippen molar-refractivity contribution in [1.82, 2.24) is 0 Å². The topological polar surface area (TPSA) is 21.6 Å². The molecule has 22 heavy (non-hydrogen) atoms. The van der Waals surface area contributed by atoms with Crippen molar-refractivity contribution in [3.8, 4) is 12.3 Å². The molecule has 0 aromatic heterocycles. The van der Waals surface area contributed by atoms with Crippen LogP contribution in [0.15, 0.2) is 16.8 Å². The third-order valence-electron chi connectivity index (χ3n) is 6.67. The van der Waals surface area contributed by atoms with E-state index >= 15 is 0 Å². The minimum absolute atomic E-state index is 0.249. The quantitative estimate of drug-likeness (QED) is 0.317. The van der Waals surface area contributed by atoms with Gasteiger partial charge in [0.1, 0.15) is 0 Å². The Morgan fingerprint density at radius 2 is 2.14 bits per heavy atom. The second-order valence-corrected chi connectivity index (χ2v) is 8.39. The highest BCUT2D eigenvalue weighted by Gasteiger charge is 2.62. The van der Waals surface area contributed by atoms with Crippen molar-refractivity contribution in [1.29, 1.82) is 0 Å². The minimum Gasteiger partial charge on any atom is -0.382 e. The maximum atomic E-state index is 5.21. The van der Waals surface area contributed by atoms with Gasteiger partial charge in [-0.15, -0.1) is 6.42 Å². The van der Waals surface area contributed by atoms with Crippen molar-refractivity contribution in [3.63, 3.8) is 0 Å². The molecule has 3 rings (SSSR count). The molecule has 0 aromatic carbocycles. The van der Waals surface area contributed by atoms with Gasteiger partial charge in [-0.25, -0.2) is 0 Å². The first-order chi connectivity index (χ1) is 10.4. The van der Waals surface area contributed by atoms with Gasteiger partial charge in [0.15, 0.2) is 6.61 Å². The summed E-state index contributed by atoms with van der Waals surface area (Å²) in [5.41, 5.74) is 3.46. The van der Waals surface area contributed by atoms with E-state index in [0.717, 1.165) is 23.5 Å². The number of hydrogen-bond donors (Lipinski definition) is 0. The van der Waals surface area contributed by atoms with Crippen LogP contribution in [0, 0.1) is 40.9 Å². The molecule has 0 spiro atoms. The molecule has 3 aliphatic carbocycles. The van der Waals surface area contributed by atoms with Gasteiger partial charge in [-0.05, 0) is 67.3 Å². The van der Waals surface area contributed by atoms with E-state index in [1.807, 2.05) is 6.92 Å². The summed E-state index contributed by atoms with van der Waals surface area (Å²) in [6.07, 6.45) is 14.4. The third-order valence-corrected chi connectivity index (χ3v) is 6.67. The molecule has 0 aliphatic heterocycles. The van der Waals surface area contributed by atoms with Crippen molar-refractivity contribution >= 4 is 5.71 Å². The molecule has 3 aliphatic rings. The minimum atomic E-state index is 0.249. The fourth-order valence-electron chi connectivity index (χ4n) is 5.89. The molecule has 4 bridgehead atoms. The monoisotopic (exact) mass is 299 g/mol. The number of terminal acetylenes is 1. The highest BCUT2D eigenvalue weighted by atomic mass is 16.6. The van der Waals surface area contributed by atoms with Gasteiger partial charge in [0.2, 0.25) is 0 Å². The maximum absolute atomic E-state index is 5.21. The summed E-state index contributed by atoms with van der Waals surface area (Å²) in [5.74, 6) is 4.92. The summed E-state index contributed by atoms with van der Waals surface area (Å²) in [5, 5.41) is 4.16. The molecule has 3 saturated carbocycles. The average Bonchev–Trinajstić information content (AvgIpc) is 2.94. The standard InChI is InChI=1S/C20H29NO/c1-6-12-22-21-14(2)13-17-15-8-9-16-18(15)19(3,4)10-7-11-20(16,17)5/h1,13,15-16,18H,7-12H2,2-5H3/b17-13-,21-14+/t15-,16-,18+,20+/m1/s1. The lowest BCUT2D eigenvalue weighted by molar-refractivity contribution is 0.141. The molecule has 0 unspecified atom stereocenters. The first-order valence-corrected chi connectivity index (χ1v) is 8.72. The van der Waals surface area contributed by atoms with Crippen LogP contribution < -0.4 is 0 Å². The van der Waals surface area contributed by atoms with Crippen LogP contribution in [-0.2, 0) is 4.84 Å². The third kappa shape index (κ3) is 2.30. The van der Waals surface area contributed by atoms with Crippen LogP contribution in [0.5, 0.6) is 0 Å². The molecule has 4 atom stereocenters. The SMILES string of the molecule is C#CCO/N=C(C)/C=C1/[C@H]2CC[C@@H]3[C@H]2C(C)(C)CCC[C@]13C. The van der Waals surface area contributed by atoms with Crippen LogP contribution in [0.25, 0.3) is 0 Å². The van der Waals surface area contributed by atoms with Crippen LogP contribution >= 0.6 is 0 Å². The fraction of sp³-hybridized carbons (Fsp3) is 0.750. The summed E-state index contributed by atoms with van der Waals surface area (Å²) < 4.78 is 0. The van der Waals surface area contributed by atoms with Crippen molar-refractivity contribution in [2.24, 2.45) is 33.7 Å². The molecule has 2 nitrogen and oxygen atoms in total. The average molecular weight is 299 g/mol. The Balaban J connectivity index is 1.93. The second-order valence-electron chi connectivity index (χ2n) is 8.39. The first-order valence-electron chi connectivity index (χ1n) is 8.72. The van der Waals surface area contributed by atoms with Crippen LogP contribution in [0.2, 0.25) is 0 Å². The summed E-state index contributed by atoms with van der Waals surface area (Å²) in [6, 6.07) is 0. The molecule has 3 fully saturated rings. The predicted molar refractivity (Wildman–Crippen MR) is 91.4 cm³/mol. The van der Waals surface area contributed by atoms with Crippen molar-refractivity contribution < 1.29 is 4.84 Å². The second kappa shape index (κ2) is 5.44. The van der Waals surface area contributed by atoms with Gasteiger partial charge in [-0.1, -0.05) is 43.8 Å². The molecule has 0 heterocycles. The van der Waals surface area contributed by atoms with Gasteiger partial charge in [-0.3, -0.25) is 0 Å². The van der Waals surface area contributed by atoms with Crippen LogP contribution in [0.4, 0.5) is 0 Å². The van der Waals surface area contributed by atoms with E-state index in [1.54, 1.807) is 5.57 Å². The van der Waals surface area contributed by atoms with E-state index in [1.165, 1.54) is 32.1 Å². The Kier molecular flexibility index (Phi) is 3.87. The lowest BCUT2D eigenvalue weighted by Crippen LogP contribution is -2.28. The molecule has 0 aromatic rings. The summed E-state index contributed by atoms with van der Waals surface area (Å²) in [7, 11) is 0. The Morgan fingerprint density at radius 1 is 1.36 bits per heavy atom. The molecule has 120 valence electrons. The molecule has 0 radical (unpaired) electrons. The van der Waals surface area contributed by atoms with E-state index < -0.39 is 0 Å². The van der Waals surface area contributed by atoms with Crippen LogP contribution in [0.1, 0.15) is 59.8 Å². The number of allylic oxidation sites excluding steroid dienone is 2.